The first-order valence-corrected chi connectivity index (χ1v) is 5.09. The highest BCUT2D eigenvalue weighted by Gasteiger charge is 2.33. The number of hydrogen-bond donors (Lipinski definition) is 1. The molecule has 0 bridgehead atoms. The number of hydrogen-bond acceptors (Lipinski definition) is 3. The van der Waals surface area contributed by atoms with E-state index in [2.05, 4.69) is 4.74 Å². The minimum atomic E-state index is -4.60. The molecule has 0 atom stereocenters. The topological polar surface area (TPSA) is 46.5 Å². The summed E-state index contributed by atoms with van der Waals surface area (Å²) in [6, 6.07) is 2.79. The van der Waals surface area contributed by atoms with Crippen molar-refractivity contribution >= 4 is 12.0 Å². The van der Waals surface area contributed by atoms with Crippen LogP contribution in [0.15, 0.2) is 24.3 Å². The molecule has 98 valence electrons. The van der Waals surface area contributed by atoms with E-state index in [-0.39, 0.29) is 12.2 Å². The lowest BCUT2D eigenvalue weighted by Crippen LogP contribution is -2.07. The molecule has 1 N–H and O–H groups in total. The lowest BCUT2D eigenvalue weighted by atomic mass is 10.1. The summed E-state index contributed by atoms with van der Waals surface area (Å²) in [7, 11) is 0. The number of ether oxygens (including phenoxy) is 1. The molecular weight excluding hydrogens is 249 g/mol. The van der Waals surface area contributed by atoms with E-state index in [0.717, 1.165) is 24.3 Å². The van der Waals surface area contributed by atoms with Crippen LogP contribution in [0.25, 0.3) is 6.08 Å². The van der Waals surface area contributed by atoms with Crippen molar-refractivity contribution in [1.82, 2.24) is 0 Å². The second-order valence-corrected chi connectivity index (χ2v) is 3.35. The standard InChI is InChI=1S/C12H11F3O3/c1-2-18-11(17)6-4-8-3-5-9(16)7-10(8)12(13,14)15/h3-7,16H,2H2,1H3/b6-4+. The fourth-order valence-electron chi connectivity index (χ4n) is 1.28. The van der Waals surface area contributed by atoms with Gasteiger partial charge in [-0.1, -0.05) is 6.07 Å². The number of aromatic hydroxyl groups is 1. The van der Waals surface area contributed by atoms with Crippen LogP contribution >= 0.6 is 0 Å². The van der Waals surface area contributed by atoms with Crippen molar-refractivity contribution in [2.75, 3.05) is 6.61 Å². The number of phenols is 1. The predicted octanol–water partition coefficient (Wildman–Crippen LogP) is 2.99. The first-order chi connectivity index (χ1) is 8.34. The van der Waals surface area contributed by atoms with Crippen LogP contribution in [0.5, 0.6) is 5.75 Å². The monoisotopic (exact) mass is 260 g/mol. The van der Waals surface area contributed by atoms with Crippen LogP contribution < -0.4 is 0 Å². The molecule has 0 aliphatic rings. The van der Waals surface area contributed by atoms with Crippen LogP contribution in [0.2, 0.25) is 0 Å². The molecule has 0 aliphatic carbocycles. The Balaban J connectivity index is 3.06. The molecule has 0 heterocycles. The molecule has 3 nitrogen and oxygen atoms in total. The minimum Gasteiger partial charge on any atom is -0.508 e. The molecule has 0 fully saturated rings. The van der Waals surface area contributed by atoms with Crippen molar-refractivity contribution in [1.29, 1.82) is 0 Å². The zero-order valence-electron chi connectivity index (χ0n) is 9.49. The summed E-state index contributed by atoms with van der Waals surface area (Å²) in [4.78, 5) is 11.0. The van der Waals surface area contributed by atoms with Gasteiger partial charge in [0.1, 0.15) is 5.75 Å². The van der Waals surface area contributed by atoms with Crippen LogP contribution in [-0.2, 0) is 15.7 Å². The maximum Gasteiger partial charge on any atom is 0.417 e. The van der Waals surface area contributed by atoms with Gasteiger partial charge in [0.05, 0.1) is 12.2 Å². The lowest BCUT2D eigenvalue weighted by Gasteiger charge is -2.10. The zero-order valence-corrected chi connectivity index (χ0v) is 9.49. The van der Waals surface area contributed by atoms with Crippen molar-refractivity contribution in [2.24, 2.45) is 0 Å². The van der Waals surface area contributed by atoms with Crippen molar-refractivity contribution in [3.05, 3.63) is 35.4 Å². The van der Waals surface area contributed by atoms with Crippen molar-refractivity contribution in [3.8, 4) is 5.75 Å². The normalized spacial score (nSPS) is 11.8. The summed E-state index contributed by atoms with van der Waals surface area (Å²) in [6.07, 6.45) is -2.70. The molecule has 0 aliphatic heterocycles. The summed E-state index contributed by atoms with van der Waals surface area (Å²) in [5.41, 5.74) is -1.23. The molecule has 0 saturated carbocycles. The molecule has 18 heavy (non-hydrogen) atoms. The van der Waals surface area contributed by atoms with Gasteiger partial charge in [0.2, 0.25) is 0 Å². The first kappa shape index (κ1) is 14.1. The Kier molecular flexibility index (Phi) is 4.36. The average molecular weight is 260 g/mol. The van der Waals surface area contributed by atoms with Crippen molar-refractivity contribution in [2.45, 2.75) is 13.1 Å². The van der Waals surface area contributed by atoms with Gasteiger partial charge in [-0.15, -0.1) is 0 Å². The van der Waals surface area contributed by atoms with Crippen molar-refractivity contribution < 1.29 is 27.8 Å². The maximum atomic E-state index is 12.6. The number of phenolic OH excluding ortho intramolecular Hbond substituents is 1. The second-order valence-electron chi connectivity index (χ2n) is 3.35. The predicted molar refractivity (Wildman–Crippen MR) is 58.8 cm³/mol. The Bertz CT molecular complexity index is 464. The van der Waals surface area contributed by atoms with E-state index in [4.69, 9.17) is 5.11 Å². The third kappa shape index (κ3) is 3.80. The second kappa shape index (κ2) is 5.57. The Morgan fingerprint density at radius 3 is 2.67 bits per heavy atom. The highest BCUT2D eigenvalue weighted by Crippen LogP contribution is 2.34. The van der Waals surface area contributed by atoms with Gasteiger partial charge in [0.25, 0.3) is 0 Å². The van der Waals surface area contributed by atoms with Gasteiger partial charge in [-0.2, -0.15) is 13.2 Å². The first-order valence-electron chi connectivity index (χ1n) is 5.09. The summed E-state index contributed by atoms with van der Waals surface area (Å²) < 4.78 is 42.5. The molecule has 1 aromatic carbocycles. The fraction of sp³-hybridized carbons (Fsp3) is 0.250. The summed E-state index contributed by atoms with van der Waals surface area (Å²) >= 11 is 0. The molecule has 0 aromatic heterocycles. The molecule has 0 unspecified atom stereocenters. The van der Waals surface area contributed by atoms with E-state index in [9.17, 15) is 18.0 Å². The molecule has 0 amide bonds. The van der Waals surface area contributed by atoms with Gasteiger partial charge in [-0.05, 0) is 30.7 Å². The largest absolute Gasteiger partial charge is 0.508 e. The number of halogens is 3. The van der Waals surface area contributed by atoms with E-state index < -0.39 is 23.5 Å². The van der Waals surface area contributed by atoms with E-state index in [0.29, 0.717) is 6.07 Å². The Morgan fingerprint density at radius 2 is 2.11 bits per heavy atom. The van der Waals surface area contributed by atoms with E-state index >= 15 is 0 Å². The van der Waals surface area contributed by atoms with Crippen LogP contribution in [-0.4, -0.2) is 17.7 Å². The molecule has 0 saturated heterocycles. The van der Waals surface area contributed by atoms with Crippen LogP contribution in [0.4, 0.5) is 13.2 Å². The highest BCUT2D eigenvalue weighted by atomic mass is 19.4. The van der Waals surface area contributed by atoms with Gasteiger partial charge < -0.3 is 9.84 Å². The number of carbonyl (C=O) groups is 1. The van der Waals surface area contributed by atoms with E-state index in [1.807, 2.05) is 0 Å². The molecule has 6 heteroatoms. The SMILES string of the molecule is CCOC(=O)/C=C/c1ccc(O)cc1C(F)(F)F. The maximum absolute atomic E-state index is 12.6. The van der Waals surface area contributed by atoms with Gasteiger partial charge in [0.15, 0.2) is 0 Å². The number of benzene rings is 1. The van der Waals surface area contributed by atoms with Crippen LogP contribution in [0.1, 0.15) is 18.1 Å². The Hall–Kier alpha value is -1.98. The van der Waals surface area contributed by atoms with E-state index in [1.165, 1.54) is 0 Å². The summed E-state index contributed by atoms with van der Waals surface area (Å²) in [5.74, 6) is -1.21. The van der Waals surface area contributed by atoms with Crippen LogP contribution in [0.3, 0.4) is 0 Å². The number of esters is 1. The number of alkyl halides is 3. The smallest absolute Gasteiger partial charge is 0.417 e. The molecule has 1 rings (SSSR count). The average Bonchev–Trinajstić information content (AvgIpc) is 2.26. The third-order valence-electron chi connectivity index (χ3n) is 2.03. The highest BCUT2D eigenvalue weighted by molar-refractivity contribution is 5.87. The molecule has 1 aromatic rings. The van der Waals surface area contributed by atoms with Gasteiger partial charge >= 0.3 is 12.1 Å². The van der Waals surface area contributed by atoms with Gasteiger partial charge in [-0.3, -0.25) is 0 Å². The molecule has 0 spiro atoms. The van der Waals surface area contributed by atoms with Gasteiger partial charge in [0, 0.05) is 6.08 Å². The summed E-state index contributed by atoms with van der Waals surface area (Å²) in [5, 5.41) is 9.05. The lowest BCUT2D eigenvalue weighted by molar-refractivity contribution is -0.138. The Labute approximate surface area is 101 Å². The third-order valence-corrected chi connectivity index (χ3v) is 2.03. The number of rotatable bonds is 3. The quantitative estimate of drug-likeness (QED) is 0.671. The summed E-state index contributed by atoms with van der Waals surface area (Å²) in [6.45, 7) is 1.73. The number of carbonyl (C=O) groups excluding carboxylic acids is 1. The van der Waals surface area contributed by atoms with Gasteiger partial charge in [-0.25, -0.2) is 4.79 Å². The molecular formula is C12H11F3O3. The van der Waals surface area contributed by atoms with Crippen LogP contribution in [0, 0.1) is 0 Å². The zero-order chi connectivity index (χ0) is 13.8. The Morgan fingerprint density at radius 1 is 1.44 bits per heavy atom. The minimum absolute atomic E-state index is 0.144. The van der Waals surface area contributed by atoms with E-state index in [1.54, 1.807) is 6.92 Å². The molecule has 0 radical (unpaired) electrons. The van der Waals surface area contributed by atoms with Crippen molar-refractivity contribution in [3.63, 3.8) is 0 Å². The fourth-order valence-corrected chi connectivity index (χ4v) is 1.28.